The minimum Gasteiger partial charge on any atom is -0.495 e. The number of nitrogens with zero attached hydrogens (tertiary/aromatic N) is 3. The molecule has 0 aromatic heterocycles. The molecule has 400 valence electrons. The monoisotopic (exact) mass is 1120 g/mol. The fourth-order valence-corrected chi connectivity index (χ4v) is 12.7. The molecule has 3 aromatic carbocycles. The van der Waals surface area contributed by atoms with Gasteiger partial charge in [0.15, 0.2) is 5.71 Å². The lowest BCUT2D eigenvalue weighted by Crippen LogP contribution is -2.29. The van der Waals surface area contributed by atoms with E-state index in [1.165, 1.54) is 47.5 Å². The van der Waals surface area contributed by atoms with Gasteiger partial charge < -0.3 is 9.64 Å². The highest BCUT2D eigenvalue weighted by Crippen LogP contribution is 2.50. The Labute approximate surface area is 431 Å². The highest BCUT2D eigenvalue weighted by Gasteiger charge is 2.47. The number of allylic oxidation sites excluding steroid dienone is 7. The van der Waals surface area contributed by atoms with Crippen LogP contribution >= 0.6 is 0 Å². The molecule has 1 unspecified atom stereocenters. The van der Waals surface area contributed by atoms with E-state index in [-0.39, 0.29) is 66.6 Å². The predicted octanol–water partition coefficient (Wildman–Crippen LogP) is 6.93. The van der Waals surface area contributed by atoms with E-state index in [9.17, 15) is 69.6 Å². The molecule has 0 spiro atoms. The first-order valence-electron chi connectivity index (χ1n) is 23.4. The molecule has 3 aliphatic heterocycles. The van der Waals surface area contributed by atoms with Gasteiger partial charge in [0, 0.05) is 53.2 Å². The molecule has 3 aromatic rings. The van der Waals surface area contributed by atoms with Crippen LogP contribution in [0.15, 0.2) is 134 Å². The molecular formula is C49H58N3O17S5+. The highest BCUT2D eigenvalue weighted by molar-refractivity contribution is 7.86. The SMILES string of the molecule is CCOC1=CN(c2ccc(S(=O)(=O)O)cc2)C(=O)C1C1=C(/C=C/C2=[N+](CCCCS(=O)(=O)O)c3ccc(S(=O)(=O)O)cc3C2(C)C)CC/C1=C\C=C1\N(CCCCS(=O)(=O)O)c2ccc(S(=O)(=O)O)cc2C1(C)C. The van der Waals surface area contributed by atoms with E-state index < -0.39 is 89.6 Å². The van der Waals surface area contributed by atoms with Crippen molar-refractivity contribution in [3.8, 4) is 0 Å². The zero-order chi connectivity index (χ0) is 54.6. The normalized spacial score (nSPS) is 20.2. The van der Waals surface area contributed by atoms with Crippen LogP contribution in [-0.4, -0.2) is 112 Å². The largest absolute Gasteiger partial charge is 0.495 e. The number of anilines is 2. The van der Waals surface area contributed by atoms with Crippen LogP contribution < -0.4 is 9.80 Å². The smallest absolute Gasteiger partial charge is 0.294 e. The van der Waals surface area contributed by atoms with Crippen LogP contribution in [0.1, 0.15) is 84.3 Å². The quantitative estimate of drug-likeness (QED) is 0.0435. The summed E-state index contributed by atoms with van der Waals surface area (Å²) in [5.74, 6) is -2.28. The van der Waals surface area contributed by atoms with E-state index in [2.05, 4.69) is 0 Å². The molecule has 20 nitrogen and oxygen atoms in total. The van der Waals surface area contributed by atoms with Crippen molar-refractivity contribution in [1.29, 1.82) is 0 Å². The molecular weight excluding hydrogens is 1060 g/mol. The third-order valence-corrected chi connectivity index (χ3v) is 17.8. The van der Waals surface area contributed by atoms with Crippen LogP contribution in [0.25, 0.3) is 0 Å². The van der Waals surface area contributed by atoms with E-state index in [1.54, 1.807) is 19.1 Å². The van der Waals surface area contributed by atoms with Crippen LogP contribution in [0.3, 0.4) is 0 Å². The number of ether oxygens (including phenoxy) is 1. The number of benzene rings is 3. The van der Waals surface area contributed by atoms with Gasteiger partial charge in [-0.25, -0.2) is 0 Å². The fraction of sp³-hybridized carbons (Fsp3) is 0.388. The third kappa shape index (κ3) is 12.0. The predicted molar refractivity (Wildman–Crippen MR) is 276 cm³/mol. The van der Waals surface area contributed by atoms with E-state index >= 15 is 0 Å². The summed E-state index contributed by atoms with van der Waals surface area (Å²) in [7, 11) is -22.3. The van der Waals surface area contributed by atoms with Crippen molar-refractivity contribution in [2.75, 3.05) is 41.0 Å². The van der Waals surface area contributed by atoms with E-state index in [4.69, 9.17) is 4.74 Å². The Morgan fingerprint density at radius 2 is 1.24 bits per heavy atom. The van der Waals surface area contributed by atoms with Crippen molar-refractivity contribution in [2.45, 2.75) is 98.7 Å². The van der Waals surface area contributed by atoms with Gasteiger partial charge in [-0.05, 0) is 136 Å². The molecule has 0 saturated heterocycles. The Morgan fingerprint density at radius 3 is 1.82 bits per heavy atom. The maximum Gasteiger partial charge on any atom is 0.294 e. The number of carbonyl (C=O) groups excluding carboxylic acids is 1. The number of unbranched alkanes of at least 4 members (excludes halogenated alkanes) is 2. The van der Waals surface area contributed by atoms with Crippen LogP contribution in [0.4, 0.5) is 17.1 Å². The third-order valence-electron chi connectivity index (χ3n) is 13.7. The van der Waals surface area contributed by atoms with Gasteiger partial charge in [0.1, 0.15) is 18.2 Å². The molecule has 0 radical (unpaired) electrons. The van der Waals surface area contributed by atoms with Crippen molar-refractivity contribution >= 4 is 79.3 Å². The Balaban J connectivity index is 1.40. The summed E-state index contributed by atoms with van der Waals surface area (Å²) >= 11 is 0. The van der Waals surface area contributed by atoms with Gasteiger partial charge in [-0.2, -0.15) is 46.7 Å². The van der Waals surface area contributed by atoms with Gasteiger partial charge in [-0.15, -0.1) is 0 Å². The van der Waals surface area contributed by atoms with E-state index in [0.29, 0.717) is 63.5 Å². The van der Waals surface area contributed by atoms with Gasteiger partial charge in [0.05, 0.1) is 44.4 Å². The molecule has 1 aliphatic carbocycles. The first-order valence-corrected chi connectivity index (χ1v) is 30.9. The summed E-state index contributed by atoms with van der Waals surface area (Å²) in [5, 5.41) is 0. The van der Waals surface area contributed by atoms with Crippen molar-refractivity contribution in [3.05, 3.63) is 130 Å². The molecule has 0 fully saturated rings. The minimum atomic E-state index is -4.62. The van der Waals surface area contributed by atoms with Crippen LogP contribution in [-0.2, 0) is 71.0 Å². The fourth-order valence-electron chi connectivity index (χ4n) is 10.1. The standard InChI is InChI=1S/C49H57N3O17S5/c1-6-69-42-31-52(34-15-17-35(18-16-34)72(60,61)62)47(53)46(42)45-32(13-23-43-48(2,3)38-29-36(73(63,64)65)19-21-40(38)50(43)25-7-9-27-70(54,55)56)11-12-33(45)14-24-44-49(4,5)39-30-37(74(66,67)68)20-22-41(39)51(44)26-8-10-28-71(57,58)59/h13-24,29-31,46H,6-12,25-28H2,1-5H3,(H4-,54,55,56,57,58,59,60,61,62,63,64,65,66,67,68)/p+1. The van der Waals surface area contributed by atoms with Crippen molar-refractivity contribution in [3.63, 3.8) is 0 Å². The molecule has 3 heterocycles. The number of fused-ring (bicyclic) bond motifs is 2. The second-order valence-corrected chi connectivity index (χ2v) is 26.7. The molecule has 4 aliphatic rings. The lowest BCUT2D eigenvalue weighted by molar-refractivity contribution is -0.438. The Hall–Kier alpha value is -5.35. The lowest BCUT2D eigenvalue weighted by atomic mass is 9.81. The molecule has 1 atom stereocenters. The highest BCUT2D eigenvalue weighted by atomic mass is 32.2. The van der Waals surface area contributed by atoms with Gasteiger partial charge in [-0.1, -0.05) is 26.0 Å². The summed E-state index contributed by atoms with van der Waals surface area (Å²) in [6, 6.07) is 13.4. The molecule has 25 heteroatoms. The van der Waals surface area contributed by atoms with E-state index in [0.717, 1.165) is 12.1 Å². The molecule has 74 heavy (non-hydrogen) atoms. The van der Waals surface area contributed by atoms with Crippen LogP contribution in [0, 0.1) is 5.92 Å². The van der Waals surface area contributed by atoms with Crippen LogP contribution in [0.2, 0.25) is 0 Å². The molecule has 1 amide bonds. The Morgan fingerprint density at radius 1 is 0.676 bits per heavy atom. The number of rotatable bonds is 20. The maximum atomic E-state index is 15.0. The molecule has 7 rings (SSSR count). The average Bonchev–Trinajstić information content (AvgIpc) is 3.95. The van der Waals surface area contributed by atoms with Gasteiger partial charge in [-0.3, -0.25) is 32.5 Å². The minimum absolute atomic E-state index is 0.0983. The van der Waals surface area contributed by atoms with Crippen LogP contribution in [0.5, 0.6) is 0 Å². The number of amides is 1. The van der Waals surface area contributed by atoms with Gasteiger partial charge in [0.25, 0.3) is 50.6 Å². The number of hydrogen-bond donors (Lipinski definition) is 5. The summed E-state index contributed by atoms with van der Waals surface area (Å²) in [6.07, 6.45) is 10.4. The zero-order valence-electron chi connectivity index (χ0n) is 41.0. The van der Waals surface area contributed by atoms with Gasteiger partial charge >= 0.3 is 0 Å². The molecule has 0 bridgehead atoms. The summed E-state index contributed by atoms with van der Waals surface area (Å²) in [4.78, 5) is 17.2. The summed E-state index contributed by atoms with van der Waals surface area (Å²) in [5.41, 5.74) is 3.90. The van der Waals surface area contributed by atoms with Crippen molar-refractivity contribution < 1.29 is 79.0 Å². The summed E-state index contributed by atoms with van der Waals surface area (Å²) in [6.45, 7) is 9.78. The molecule has 5 N–H and O–H groups in total. The number of carbonyl (C=O) groups is 1. The maximum absolute atomic E-state index is 15.0. The van der Waals surface area contributed by atoms with Gasteiger partial charge in [0.2, 0.25) is 11.6 Å². The second-order valence-electron chi connectivity index (χ2n) is 19.3. The Bertz CT molecular complexity index is 3570. The average molecular weight is 1120 g/mol. The zero-order valence-corrected chi connectivity index (χ0v) is 45.1. The van der Waals surface area contributed by atoms with E-state index in [1.807, 2.05) is 61.5 Å². The van der Waals surface area contributed by atoms with Crippen molar-refractivity contribution in [2.24, 2.45) is 5.92 Å². The summed E-state index contributed by atoms with van der Waals surface area (Å²) < 4.78 is 176. The second kappa shape index (κ2) is 20.6. The lowest BCUT2D eigenvalue weighted by Gasteiger charge is -2.27. The Kier molecular flexibility index (Phi) is 15.7. The van der Waals surface area contributed by atoms with Crippen molar-refractivity contribution in [1.82, 2.24) is 0 Å². The first-order chi connectivity index (χ1) is 34.2. The number of hydrogen-bond acceptors (Lipinski definition) is 13. The topological polar surface area (TPSA) is 308 Å². The first kappa shape index (κ1) is 56.4. The molecule has 0 saturated carbocycles.